The first-order valence-corrected chi connectivity index (χ1v) is 17.3. The fraction of sp³-hybridized carbons (Fsp3) is 0.750. The Hall–Kier alpha value is -2.89. The van der Waals surface area contributed by atoms with Crippen LogP contribution in [0.25, 0.3) is 0 Å². The van der Waals surface area contributed by atoms with Crippen LogP contribution in [-0.2, 0) is 29.1 Å². The molecule has 0 aromatic heterocycles. The van der Waals surface area contributed by atoms with E-state index in [1.54, 1.807) is 13.1 Å². The minimum absolute atomic E-state index is 0.129. The lowest BCUT2D eigenvalue weighted by Gasteiger charge is -2.19. The van der Waals surface area contributed by atoms with Crippen molar-refractivity contribution >= 4 is 34.8 Å². The number of likely N-dealkylation sites (tertiary alicyclic amines) is 1. The molecule has 3 fully saturated rings. The fourth-order valence-electron chi connectivity index (χ4n) is 3.76. The van der Waals surface area contributed by atoms with Gasteiger partial charge in [-0.15, -0.1) is 6.58 Å². The van der Waals surface area contributed by atoms with Gasteiger partial charge in [0.15, 0.2) is 0 Å². The lowest BCUT2D eigenvalue weighted by molar-refractivity contribution is -0.121. The second-order valence-corrected chi connectivity index (χ2v) is 13.8. The summed E-state index contributed by atoms with van der Waals surface area (Å²) in [5.41, 5.74) is -0.390. The van der Waals surface area contributed by atoms with Gasteiger partial charge in [-0.2, -0.15) is 0 Å². The molecule has 2 unspecified atom stereocenters. The predicted molar refractivity (Wildman–Crippen MR) is 177 cm³/mol. The molecule has 1 aliphatic heterocycles. The summed E-state index contributed by atoms with van der Waals surface area (Å²) in [6, 6.07) is 0.493. The average Bonchev–Trinajstić information content (AvgIpc) is 3.87. The fourth-order valence-corrected chi connectivity index (χ4v) is 5.12. The zero-order chi connectivity index (χ0) is 34.2. The first-order chi connectivity index (χ1) is 20.7. The van der Waals surface area contributed by atoms with E-state index in [2.05, 4.69) is 47.9 Å². The van der Waals surface area contributed by atoms with Gasteiger partial charge in [0.1, 0.15) is 5.60 Å². The highest BCUT2D eigenvalue weighted by Gasteiger charge is 2.44. The molecular formula is C32H60N4O7S. The molecule has 3 aliphatic rings. The zero-order valence-corrected chi connectivity index (χ0v) is 29.2. The van der Waals surface area contributed by atoms with Gasteiger partial charge in [0.25, 0.3) is 0 Å². The molecule has 0 aromatic carbocycles. The predicted octanol–water partition coefficient (Wildman–Crippen LogP) is 5.08. The second-order valence-electron chi connectivity index (χ2n) is 11.8. The van der Waals surface area contributed by atoms with E-state index in [1.807, 2.05) is 39.5 Å². The molecule has 0 spiro atoms. The van der Waals surface area contributed by atoms with Crippen molar-refractivity contribution < 1.29 is 32.3 Å². The molecule has 2 saturated carbocycles. The van der Waals surface area contributed by atoms with Crippen molar-refractivity contribution in [1.29, 1.82) is 0 Å². The van der Waals surface area contributed by atoms with Crippen molar-refractivity contribution in [2.24, 2.45) is 11.8 Å². The zero-order valence-electron chi connectivity index (χ0n) is 28.4. The number of rotatable bonds is 11. The van der Waals surface area contributed by atoms with E-state index in [0.29, 0.717) is 31.8 Å². The largest absolute Gasteiger partial charge is 0.444 e. The summed E-state index contributed by atoms with van der Waals surface area (Å²) < 4.78 is 30.4. The van der Waals surface area contributed by atoms with E-state index < -0.39 is 10.0 Å². The third-order valence-electron chi connectivity index (χ3n) is 6.32. The van der Waals surface area contributed by atoms with Gasteiger partial charge in [0.2, 0.25) is 28.8 Å². The monoisotopic (exact) mass is 644 g/mol. The second kappa shape index (κ2) is 24.4. The van der Waals surface area contributed by atoms with E-state index in [9.17, 15) is 22.8 Å². The van der Waals surface area contributed by atoms with Crippen molar-refractivity contribution in [3.63, 3.8) is 0 Å². The highest BCUT2D eigenvalue weighted by molar-refractivity contribution is 7.90. The van der Waals surface area contributed by atoms with E-state index in [-0.39, 0.29) is 34.7 Å². The Labute approximate surface area is 267 Å². The molecule has 3 atom stereocenters. The first kappa shape index (κ1) is 43.2. The van der Waals surface area contributed by atoms with Crippen molar-refractivity contribution in [3.05, 3.63) is 24.8 Å². The van der Waals surface area contributed by atoms with Crippen LogP contribution in [0.5, 0.6) is 0 Å². The van der Waals surface area contributed by atoms with Crippen LogP contribution >= 0.6 is 0 Å². The molecule has 0 bridgehead atoms. The molecule has 1 heterocycles. The maximum atomic E-state index is 11.8. The topological polar surface area (TPSA) is 151 Å². The van der Waals surface area contributed by atoms with Crippen LogP contribution in [0.2, 0.25) is 0 Å². The summed E-state index contributed by atoms with van der Waals surface area (Å²) in [5.74, 6) is -0.193. The van der Waals surface area contributed by atoms with Gasteiger partial charge in [-0.05, 0) is 92.4 Å². The molecule has 3 rings (SSSR count). The highest BCUT2D eigenvalue weighted by Crippen LogP contribution is 2.40. The van der Waals surface area contributed by atoms with Gasteiger partial charge in [0.05, 0.1) is 5.25 Å². The summed E-state index contributed by atoms with van der Waals surface area (Å²) in [6.45, 7) is 18.4. The van der Waals surface area contributed by atoms with Crippen LogP contribution < -0.4 is 15.4 Å². The normalized spacial score (nSPS) is 19.9. The van der Waals surface area contributed by atoms with Crippen LogP contribution in [0, 0.1) is 11.8 Å². The molecular weight excluding hydrogens is 584 g/mol. The minimum atomic E-state index is -3.37. The molecule has 0 radical (unpaired) electrons. The maximum absolute atomic E-state index is 11.8. The highest BCUT2D eigenvalue weighted by atomic mass is 32.2. The van der Waals surface area contributed by atoms with Crippen LogP contribution in [0.3, 0.4) is 0 Å². The first-order valence-electron chi connectivity index (χ1n) is 15.8. The van der Waals surface area contributed by atoms with Crippen molar-refractivity contribution in [2.75, 3.05) is 20.1 Å². The van der Waals surface area contributed by atoms with Gasteiger partial charge < -0.3 is 20.3 Å². The minimum Gasteiger partial charge on any atom is -0.444 e. The summed E-state index contributed by atoms with van der Waals surface area (Å²) in [5, 5.41) is 4.47. The summed E-state index contributed by atoms with van der Waals surface area (Å²) >= 11 is 0. The molecule has 12 heteroatoms. The quantitative estimate of drug-likeness (QED) is 0.161. The number of carbonyl (C=O) groups is 4. The molecule has 3 N–H and O–H groups in total. The third-order valence-corrected chi connectivity index (χ3v) is 8.15. The van der Waals surface area contributed by atoms with Crippen LogP contribution in [0.4, 0.5) is 4.79 Å². The van der Waals surface area contributed by atoms with Crippen molar-refractivity contribution in [1.82, 2.24) is 20.3 Å². The SMILES string of the molecule is C=CC.CC1CCCN1C=O.CCCCC/C=C\C1C[C@@H]1C(=O)NS(=O)(=O)C1CC1.CCNC(=O)OC(C)(C)C.CNC=O. The number of ether oxygens (including phenoxy) is 1. The lowest BCUT2D eigenvalue weighted by atomic mass is 10.2. The molecule has 2 aliphatic carbocycles. The number of hydrogen-bond acceptors (Lipinski definition) is 7. The molecule has 4 amide bonds. The van der Waals surface area contributed by atoms with E-state index >= 15 is 0 Å². The molecule has 11 nitrogen and oxygen atoms in total. The number of amides is 4. The van der Waals surface area contributed by atoms with Gasteiger partial charge in [-0.1, -0.05) is 38.0 Å². The number of sulfonamides is 1. The van der Waals surface area contributed by atoms with E-state index in [4.69, 9.17) is 9.53 Å². The Morgan fingerprint density at radius 3 is 2.07 bits per heavy atom. The molecule has 0 aromatic rings. The van der Waals surface area contributed by atoms with E-state index in [1.165, 1.54) is 32.1 Å². The Bertz CT molecular complexity index is 960. The number of alkyl carbamates (subject to hydrolysis) is 1. The van der Waals surface area contributed by atoms with Gasteiger partial charge in [0, 0.05) is 32.1 Å². The Balaban J connectivity index is 0. The molecule has 44 heavy (non-hydrogen) atoms. The van der Waals surface area contributed by atoms with Crippen LogP contribution in [-0.4, -0.2) is 75.2 Å². The van der Waals surface area contributed by atoms with Crippen LogP contribution in [0.15, 0.2) is 24.8 Å². The Kier molecular flexibility index (Phi) is 24.0. The van der Waals surface area contributed by atoms with Crippen molar-refractivity contribution in [2.45, 2.75) is 123 Å². The number of hydrogen-bond donors (Lipinski definition) is 3. The van der Waals surface area contributed by atoms with Gasteiger partial charge >= 0.3 is 6.09 Å². The van der Waals surface area contributed by atoms with Gasteiger partial charge in [-0.3, -0.25) is 19.1 Å². The average molecular weight is 645 g/mol. The standard InChI is InChI=1S/C14H23NO3S.C7H15NO2.C6H11NO.C3H6.C2H5NO/c1-2-3-4-5-6-7-11-10-13(11)14(16)15-19(17,18)12-8-9-12;1-5-8-6(9)10-7(2,3)4;1-6-3-2-4-7(6)5-8;1-3-2;1-3-2-4/h6-7,11-13H,2-5,8-10H2,1H3,(H,15,16);5H2,1-4H3,(H,8,9);5-6H,2-4H2,1H3;3H,1H2,2H3;2H,1H3,(H,3,4)/b7-6-;;;;/t11?,13-;;;;/m0..../s1. The number of nitrogens with one attached hydrogen (secondary N) is 3. The number of carbonyl (C=O) groups excluding carboxylic acids is 4. The maximum Gasteiger partial charge on any atom is 0.407 e. The smallest absolute Gasteiger partial charge is 0.407 e. The Morgan fingerprint density at radius 1 is 1.09 bits per heavy atom. The van der Waals surface area contributed by atoms with Crippen LogP contribution in [0.1, 0.15) is 106 Å². The van der Waals surface area contributed by atoms with E-state index in [0.717, 1.165) is 25.8 Å². The summed E-state index contributed by atoms with van der Waals surface area (Å²) in [4.78, 5) is 43.6. The van der Waals surface area contributed by atoms with Crippen molar-refractivity contribution in [3.8, 4) is 0 Å². The number of unbranched alkanes of at least 4 members (excludes halogenated alkanes) is 3. The third kappa shape index (κ3) is 23.6. The van der Waals surface area contributed by atoms with Gasteiger partial charge in [-0.25, -0.2) is 13.2 Å². The Morgan fingerprint density at radius 2 is 1.68 bits per heavy atom. The molecule has 256 valence electrons. The summed E-state index contributed by atoms with van der Waals surface area (Å²) in [7, 11) is -1.81. The number of allylic oxidation sites excluding steroid dienone is 3. The summed E-state index contributed by atoms with van der Waals surface area (Å²) in [6.07, 6.45) is 16.4. The lowest BCUT2D eigenvalue weighted by Crippen LogP contribution is -2.34. The number of nitrogens with zero attached hydrogens (tertiary/aromatic N) is 1. The molecule has 1 saturated heterocycles.